The highest BCUT2D eigenvalue weighted by molar-refractivity contribution is 5.56. The molecule has 0 saturated carbocycles. The van der Waals surface area contributed by atoms with E-state index in [4.69, 9.17) is 9.47 Å². The molecule has 4 nitrogen and oxygen atoms in total. The summed E-state index contributed by atoms with van der Waals surface area (Å²) in [7, 11) is 0. The molecule has 1 unspecified atom stereocenters. The molecule has 2 aliphatic rings. The fourth-order valence-electron chi connectivity index (χ4n) is 3.87. The van der Waals surface area contributed by atoms with Gasteiger partial charge in [0.2, 0.25) is 0 Å². The number of piperidine rings is 1. The number of hydrogen-bond donors (Lipinski definition) is 1. The highest BCUT2D eigenvalue weighted by atomic mass is 16.6. The molecule has 0 bridgehead atoms. The first kappa shape index (κ1) is 16.6. The first-order chi connectivity index (χ1) is 11.2. The molecule has 0 aromatic heterocycles. The summed E-state index contributed by atoms with van der Waals surface area (Å²) in [4.78, 5) is 2.38. The van der Waals surface area contributed by atoms with Crippen LogP contribution in [0.3, 0.4) is 0 Å². The summed E-state index contributed by atoms with van der Waals surface area (Å²) < 4.78 is 11.7. The van der Waals surface area contributed by atoms with Crippen LogP contribution in [-0.2, 0) is 12.8 Å². The molecular weight excluding hydrogens is 290 g/mol. The van der Waals surface area contributed by atoms with E-state index in [1.54, 1.807) is 0 Å². The van der Waals surface area contributed by atoms with Gasteiger partial charge in [0.1, 0.15) is 13.2 Å². The van der Waals surface area contributed by atoms with Gasteiger partial charge >= 0.3 is 0 Å². The van der Waals surface area contributed by atoms with Crippen molar-refractivity contribution >= 4 is 0 Å². The lowest BCUT2D eigenvalue weighted by Gasteiger charge is -2.31. The SMILES string of the molecule is CCc1cc2c(c(C(O)CN3CCCCC3)c1CC)OCCO2. The van der Waals surface area contributed by atoms with Gasteiger partial charge in [-0.15, -0.1) is 0 Å². The Kier molecular flexibility index (Phi) is 5.44. The van der Waals surface area contributed by atoms with Crippen LogP contribution < -0.4 is 9.47 Å². The molecule has 3 rings (SSSR count). The van der Waals surface area contributed by atoms with Crippen LogP contribution >= 0.6 is 0 Å². The zero-order valence-corrected chi connectivity index (χ0v) is 14.4. The summed E-state index contributed by atoms with van der Waals surface area (Å²) in [5.74, 6) is 1.58. The molecular formula is C19H29NO3. The Morgan fingerprint density at radius 3 is 2.52 bits per heavy atom. The summed E-state index contributed by atoms with van der Waals surface area (Å²) in [6, 6.07) is 2.10. The van der Waals surface area contributed by atoms with E-state index in [1.165, 1.54) is 30.4 Å². The Labute approximate surface area is 139 Å². The van der Waals surface area contributed by atoms with Crippen LogP contribution in [-0.4, -0.2) is 42.9 Å². The number of nitrogens with zero attached hydrogens (tertiary/aromatic N) is 1. The number of rotatable bonds is 5. The number of aliphatic hydroxyl groups is 1. The van der Waals surface area contributed by atoms with Crippen molar-refractivity contribution in [2.24, 2.45) is 0 Å². The van der Waals surface area contributed by atoms with Crippen molar-refractivity contribution in [2.45, 2.75) is 52.1 Å². The molecule has 2 aliphatic heterocycles. The topological polar surface area (TPSA) is 41.9 Å². The average molecular weight is 319 g/mol. The van der Waals surface area contributed by atoms with Gasteiger partial charge in [0, 0.05) is 12.1 Å². The zero-order valence-electron chi connectivity index (χ0n) is 14.4. The highest BCUT2D eigenvalue weighted by Crippen LogP contribution is 2.42. The van der Waals surface area contributed by atoms with E-state index in [9.17, 15) is 5.11 Å². The van der Waals surface area contributed by atoms with E-state index in [-0.39, 0.29) is 0 Å². The number of β-amino-alcohol motifs (C(OH)–C–C–N with tert-alkyl or cyclic N) is 1. The number of benzene rings is 1. The van der Waals surface area contributed by atoms with Crippen LogP contribution in [0.5, 0.6) is 11.5 Å². The number of likely N-dealkylation sites (tertiary alicyclic amines) is 1. The van der Waals surface area contributed by atoms with Crippen LogP contribution in [0, 0.1) is 0 Å². The molecule has 0 aliphatic carbocycles. The maximum absolute atomic E-state index is 11.0. The Balaban J connectivity index is 1.94. The number of hydrogen-bond acceptors (Lipinski definition) is 4. The Morgan fingerprint density at radius 1 is 1.09 bits per heavy atom. The van der Waals surface area contributed by atoms with Gasteiger partial charge in [0.25, 0.3) is 0 Å². The lowest BCUT2D eigenvalue weighted by atomic mass is 9.91. The average Bonchev–Trinajstić information content (AvgIpc) is 2.60. The maximum Gasteiger partial charge on any atom is 0.167 e. The van der Waals surface area contributed by atoms with Crippen molar-refractivity contribution in [2.75, 3.05) is 32.8 Å². The van der Waals surface area contributed by atoms with Gasteiger partial charge in [0.15, 0.2) is 11.5 Å². The molecule has 1 atom stereocenters. The molecule has 0 amide bonds. The molecule has 2 heterocycles. The highest BCUT2D eigenvalue weighted by Gasteiger charge is 2.27. The minimum Gasteiger partial charge on any atom is -0.486 e. The van der Waals surface area contributed by atoms with E-state index in [1.807, 2.05) is 0 Å². The second-order valence-electron chi connectivity index (χ2n) is 6.54. The molecule has 128 valence electrons. The van der Waals surface area contributed by atoms with Crippen LogP contribution in [0.15, 0.2) is 6.07 Å². The minimum absolute atomic E-state index is 0.509. The third-order valence-corrected chi connectivity index (χ3v) is 5.02. The molecule has 1 N–H and O–H groups in total. The molecule has 1 aromatic carbocycles. The van der Waals surface area contributed by atoms with Gasteiger partial charge in [-0.2, -0.15) is 0 Å². The molecule has 0 radical (unpaired) electrons. The van der Waals surface area contributed by atoms with E-state index in [0.717, 1.165) is 43.0 Å². The van der Waals surface area contributed by atoms with Gasteiger partial charge in [-0.3, -0.25) is 0 Å². The number of aliphatic hydroxyl groups excluding tert-OH is 1. The quantitative estimate of drug-likeness (QED) is 0.905. The van der Waals surface area contributed by atoms with Crippen LogP contribution in [0.1, 0.15) is 55.9 Å². The van der Waals surface area contributed by atoms with Crippen LogP contribution in [0.4, 0.5) is 0 Å². The number of aryl methyl sites for hydroxylation is 1. The third kappa shape index (κ3) is 3.48. The fourth-order valence-corrected chi connectivity index (χ4v) is 3.87. The smallest absolute Gasteiger partial charge is 0.167 e. The molecule has 23 heavy (non-hydrogen) atoms. The van der Waals surface area contributed by atoms with Gasteiger partial charge < -0.3 is 19.5 Å². The monoisotopic (exact) mass is 319 g/mol. The molecule has 4 heteroatoms. The van der Waals surface area contributed by atoms with Crippen molar-refractivity contribution in [3.8, 4) is 11.5 Å². The van der Waals surface area contributed by atoms with Gasteiger partial charge in [-0.05, 0) is 56.0 Å². The van der Waals surface area contributed by atoms with Crippen LogP contribution in [0.25, 0.3) is 0 Å². The lowest BCUT2D eigenvalue weighted by Crippen LogP contribution is -2.34. The maximum atomic E-state index is 11.0. The van der Waals surface area contributed by atoms with Crippen molar-refractivity contribution in [1.29, 1.82) is 0 Å². The van der Waals surface area contributed by atoms with E-state index < -0.39 is 6.10 Å². The predicted octanol–water partition coefficient (Wildman–Crippen LogP) is 3.10. The molecule has 1 fully saturated rings. The lowest BCUT2D eigenvalue weighted by molar-refractivity contribution is 0.0937. The third-order valence-electron chi connectivity index (χ3n) is 5.02. The second kappa shape index (κ2) is 7.54. The fraction of sp³-hybridized carbons (Fsp3) is 0.684. The Bertz CT molecular complexity index is 524. The Hall–Kier alpha value is -1.26. The first-order valence-electron chi connectivity index (χ1n) is 9.09. The summed E-state index contributed by atoms with van der Waals surface area (Å²) in [6.07, 6.45) is 5.13. The van der Waals surface area contributed by atoms with E-state index in [0.29, 0.717) is 19.8 Å². The number of fused-ring (bicyclic) bond motifs is 1. The molecule has 1 aromatic rings. The predicted molar refractivity (Wildman–Crippen MR) is 91.4 cm³/mol. The normalized spacial score (nSPS) is 19.6. The van der Waals surface area contributed by atoms with Crippen molar-refractivity contribution in [3.63, 3.8) is 0 Å². The summed E-state index contributed by atoms with van der Waals surface area (Å²) >= 11 is 0. The Morgan fingerprint density at radius 2 is 1.83 bits per heavy atom. The summed E-state index contributed by atoms with van der Waals surface area (Å²) in [6.45, 7) is 8.33. The molecule has 0 spiro atoms. The largest absolute Gasteiger partial charge is 0.486 e. The first-order valence-corrected chi connectivity index (χ1v) is 9.09. The van der Waals surface area contributed by atoms with Crippen molar-refractivity contribution < 1.29 is 14.6 Å². The van der Waals surface area contributed by atoms with Crippen LogP contribution in [0.2, 0.25) is 0 Å². The van der Waals surface area contributed by atoms with Gasteiger partial charge in [-0.25, -0.2) is 0 Å². The van der Waals surface area contributed by atoms with E-state index in [2.05, 4.69) is 24.8 Å². The summed E-state index contributed by atoms with van der Waals surface area (Å²) in [5.41, 5.74) is 3.47. The van der Waals surface area contributed by atoms with Crippen molar-refractivity contribution in [1.82, 2.24) is 4.90 Å². The number of ether oxygens (including phenoxy) is 2. The van der Waals surface area contributed by atoms with Gasteiger partial charge in [0.05, 0.1) is 6.10 Å². The minimum atomic E-state index is -0.509. The van der Waals surface area contributed by atoms with Crippen molar-refractivity contribution in [3.05, 3.63) is 22.8 Å². The zero-order chi connectivity index (χ0) is 16.2. The standard InChI is InChI=1S/C19H29NO3/c1-3-14-12-17-19(23-11-10-22-17)18(15(14)4-2)16(21)13-20-8-6-5-7-9-20/h12,16,21H,3-11,13H2,1-2H3. The van der Waals surface area contributed by atoms with E-state index >= 15 is 0 Å². The molecule has 1 saturated heterocycles. The van der Waals surface area contributed by atoms with Gasteiger partial charge in [-0.1, -0.05) is 20.3 Å². The second-order valence-corrected chi connectivity index (χ2v) is 6.54. The summed E-state index contributed by atoms with van der Waals surface area (Å²) in [5, 5.41) is 11.0.